The van der Waals surface area contributed by atoms with Crippen LogP contribution in [0.2, 0.25) is 5.02 Å². The maximum Gasteiger partial charge on any atom is 0.253 e. The molecule has 0 fully saturated rings. The summed E-state index contributed by atoms with van der Waals surface area (Å²) < 4.78 is 0. The van der Waals surface area contributed by atoms with Crippen molar-refractivity contribution >= 4 is 23.4 Å². The number of rotatable bonds is 5. The molecule has 1 rings (SSSR count). The lowest BCUT2D eigenvalue weighted by Gasteiger charge is -2.38. The van der Waals surface area contributed by atoms with E-state index in [1.807, 2.05) is 0 Å². The predicted molar refractivity (Wildman–Crippen MR) is 82.3 cm³/mol. The molecule has 0 radical (unpaired) electrons. The van der Waals surface area contributed by atoms with Gasteiger partial charge in [-0.25, -0.2) is 0 Å². The monoisotopic (exact) mass is 312 g/mol. The van der Waals surface area contributed by atoms with Gasteiger partial charge in [0.05, 0.1) is 28.3 Å². The predicted octanol–water partition coefficient (Wildman–Crippen LogP) is 1.74. The molecule has 5 nitrogen and oxygen atoms in total. The number of hydrogen-bond acceptors (Lipinski definition) is 3. The molecule has 0 aliphatic rings. The number of carbonyl (C=O) groups excluding carboxylic acids is 2. The second-order valence-corrected chi connectivity index (χ2v) is 6.30. The minimum Gasteiger partial charge on any atom is -0.388 e. The molecule has 0 unspecified atom stereocenters. The molecule has 0 aromatic heterocycles. The number of aliphatic hydroxyl groups is 1. The Kier molecular flexibility index (Phi) is 5.36. The van der Waals surface area contributed by atoms with Crippen molar-refractivity contribution in [1.29, 1.82) is 0 Å². The summed E-state index contributed by atoms with van der Waals surface area (Å²) >= 11 is 5.91. The Bertz CT molecular complexity index is 536. The lowest BCUT2D eigenvalue weighted by atomic mass is 9.86. The summed E-state index contributed by atoms with van der Waals surface area (Å²) in [6.45, 7) is 6.44. The fourth-order valence-electron chi connectivity index (χ4n) is 1.45. The van der Waals surface area contributed by atoms with E-state index in [-0.39, 0.29) is 12.5 Å². The number of hydrogen-bond donors (Lipinski definition) is 3. The first kappa shape index (κ1) is 17.5. The minimum absolute atomic E-state index is 0.191. The Morgan fingerprint density at radius 2 is 1.76 bits per heavy atom. The maximum atomic E-state index is 11.9. The minimum atomic E-state index is -1.09. The van der Waals surface area contributed by atoms with Gasteiger partial charge in [-0.2, -0.15) is 0 Å². The normalized spacial score (nSPS) is 11.9. The molecule has 0 atom stereocenters. The molecular formula is C15H21ClN2O3. The fraction of sp³-hybridized carbons (Fsp3) is 0.467. The topological polar surface area (TPSA) is 78.4 Å². The van der Waals surface area contributed by atoms with Gasteiger partial charge in [-0.15, -0.1) is 0 Å². The van der Waals surface area contributed by atoms with Crippen LogP contribution in [0.25, 0.3) is 0 Å². The molecule has 2 amide bonds. The van der Waals surface area contributed by atoms with Crippen LogP contribution >= 0.6 is 11.6 Å². The van der Waals surface area contributed by atoms with E-state index in [4.69, 9.17) is 11.6 Å². The number of halogens is 1. The summed E-state index contributed by atoms with van der Waals surface area (Å²) in [6.07, 6.45) is 0. The molecule has 21 heavy (non-hydrogen) atoms. The highest BCUT2D eigenvalue weighted by Gasteiger charge is 2.36. The average Bonchev–Trinajstić information content (AvgIpc) is 2.34. The molecule has 3 N–H and O–H groups in total. The lowest BCUT2D eigenvalue weighted by Crippen LogP contribution is -2.59. The molecule has 6 heteroatoms. The van der Waals surface area contributed by atoms with Gasteiger partial charge in [-0.1, -0.05) is 23.7 Å². The van der Waals surface area contributed by atoms with Crippen molar-refractivity contribution in [2.24, 2.45) is 0 Å². The van der Waals surface area contributed by atoms with Crippen molar-refractivity contribution < 1.29 is 14.7 Å². The van der Waals surface area contributed by atoms with E-state index in [9.17, 15) is 14.7 Å². The molecule has 0 spiro atoms. The standard InChI is InChI=1S/C15H21ClN2O3/c1-14(2,15(3,4)21)18-12(19)9-17-13(20)10-7-5-6-8-11(10)16/h5-8,21H,9H2,1-4H3,(H,17,20)(H,18,19). The zero-order valence-electron chi connectivity index (χ0n) is 12.7. The van der Waals surface area contributed by atoms with Crippen molar-refractivity contribution in [2.45, 2.75) is 38.8 Å². The first-order valence-corrected chi connectivity index (χ1v) is 6.98. The Morgan fingerprint density at radius 3 is 2.29 bits per heavy atom. The van der Waals surface area contributed by atoms with Crippen LogP contribution in [0.1, 0.15) is 38.1 Å². The SMILES string of the molecule is CC(C)(O)C(C)(C)NC(=O)CNC(=O)c1ccccc1Cl. The van der Waals surface area contributed by atoms with Gasteiger partial charge in [0.25, 0.3) is 5.91 Å². The van der Waals surface area contributed by atoms with Crippen LogP contribution in [0.4, 0.5) is 0 Å². The molecule has 0 heterocycles. The number of benzene rings is 1. The van der Waals surface area contributed by atoms with Gasteiger partial charge in [0.15, 0.2) is 0 Å². The lowest BCUT2D eigenvalue weighted by molar-refractivity contribution is -0.125. The van der Waals surface area contributed by atoms with Crippen molar-refractivity contribution in [3.8, 4) is 0 Å². The average molecular weight is 313 g/mol. The van der Waals surface area contributed by atoms with Crippen LogP contribution in [0, 0.1) is 0 Å². The van der Waals surface area contributed by atoms with Gasteiger partial charge in [0.1, 0.15) is 0 Å². The molecule has 1 aromatic rings. The number of amides is 2. The molecule has 116 valence electrons. The van der Waals surface area contributed by atoms with E-state index < -0.39 is 17.0 Å². The largest absolute Gasteiger partial charge is 0.388 e. The molecule has 1 aromatic carbocycles. The molecule has 0 bridgehead atoms. The second-order valence-electron chi connectivity index (χ2n) is 5.89. The van der Waals surface area contributed by atoms with Gasteiger partial charge in [-0.05, 0) is 39.8 Å². The van der Waals surface area contributed by atoms with E-state index >= 15 is 0 Å². The van der Waals surface area contributed by atoms with Gasteiger partial charge in [-0.3, -0.25) is 9.59 Å². The Labute approximate surface area is 129 Å². The van der Waals surface area contributed by atoms with Crippen molar-refractivity contribution in [3.05, 3.63) is 34.9 Å². The maximum absolute atomic E-state index is 11.9. The van der Waals surface area contributed by atoms with Crippen molar-refractivity contribution in [3.63, 3.8) is 0 Å². The van der Waals surface area contributed by atoms with Crippen LogP contribution in [0.15, 0.2) is 24.3 Å². The summed E-state index contributed by atoms with van der Waals surface area (Å²) in [6, 6.07) is 6.60. The van der Waals surface area contributed by atoms with E-state index in [0.29, 0.717) is 10.6 Å². The van der Waals surface area contributed by atoms with Crippen LogP contribution in [-0.4, -0.2) is 34.6 Å². The van der Waals surface area contributed by atoms with E-state index in [0.717, 1.165) is 0 Å². The summed E-state index contributed by atoms with van der Waals surface area (Å²) in [5.74, 6) is -0.806. The summed E-state index contributed by atoms with van der Waals surface area (Å²) in [7, 11) is 0. The number of carbonyl (C=O) groups is 2. The van der Waals surface area contributed by atoms with Crippen LogP contribution in [-0.2, 0) is 4.79 Å². The van der Waals surface area contributed by atoms with E-state index in [1.54, 1.807) is 52.0 Å². The van der Waals surface area contributed by atoms with Gasteiger partial charge in [0, 0.05) is 0 Å². The molecule has 0 aliphatic carbocycles. The summed E-state index contributed by atoms with van der Waals surface area (Å²) in [5.41, 5.74) is -1.59. The van der Waals surface area contributed by atoms with Crippen molar-refractivity contribution in [1.82, 2.24) is 10.6 Å². The highest BCUT2D eigenvalue weighted by molar-refractivity contribution is 6.33. The second kappa shape index (κ2) is 6.45. The first-order chi connectivity index (χ1) is 9.54. The van der Waals surface area contributed by atoms with Gasteiger partial charge < -0.3 is 15.7 Å². The molecule has 0 aliphatic heterocycles. The third kappa shape index (κ3) is 4.72. The van der Waals surface area contributed by atoms with Crippen LogP contribution < -0.4 is 10.6 Å². The number of nitrogens with one attached hydrogen (secondary N) is 2. The summed E-state index contributed by atoms with van der Waals surface area (Å²) in [4.78, 5) is 23.8. The van der Waals surface area contributed by atoms with Gasteiger partial charge in [0.2, 0.25) is 5.91 Å². The fourth-order valence-corrected chi connectivity index (χ4v) is 1.67. The molecule has 0 saturated carbocycles. The zero-order chi connectivity index (χ0) is 16.3. The Hall–Kier alpha value is -1.59. The summed E-state index contributed by atoms with van der Waals surface area (Å²) in [5, 5.41) is 15.5. The smallest absolute Gasteiger partial charge is 0.253 e. The molecule has 0 saturated heterocycles. The highest BCUT2D eigenvalue weighted by atomic mass is 35.5. The van der Waals surface area contributed by atoms with Crippen molar-refractivity contribution in [2.75, 3.05) is 6.54 Å². The third-order valence-electron chi connectivity index (χ3n) is 3.51. The quantitative estimate of drug-likeness (QED) is 0.775. The Morgan fingerprint density at radius 1 is 1.19 bits per heavy atom. The van der Waals surface area contributed by atoms with Crippen LogP contribution in [0.5, 0.6) is 0 Å². The van der Waals surface area contributed by atoms with E-state index in [2.05, 4.69) is 10.6 Å². The highest BCUT2D eigenvalue weighted by Crippen LogP contribution is 2.20. The molecular weight excluding hydrogens is 292 g/mol. The van der Waals surface area contributed by atoms with Gasteiger partial charge >= 0.3 is 0 Å². The van der Waals surface area contributed by atoms with Crippen LogP contribution in [0.3, 0.4) is 0 Å². The Balaban J connectivity index is 2.58. The third-order valence-corrected chi connectivity index (χ3v) is 3.84. The zero-order valence-corrected chi connectivity index (χ0v) is 13.4. The first-order valence-electron chi connectivity index (χ1n) is 6.61. The van der Waals surface area contributed by atoms with E-state index in [1.165, 1.54) is 0 Å².